The van der Waals surface area contributed by atoms with Crippen molar-refractivity contribution in [1.82, 2.24) is 14.5 Å². The first-order valence-corrected chi connectivity index (χ1v) is 18.0. The van der Waals surface area contributed by atoms with Gasteiger partial charge >= 0.3 is 0 Å². The van der Waals surface area contributed by atoms with Crippen LogP contribution in [0.15, 0.2) is 152 Å². The predicted molar refractivity (Wildman–Crippen MR) is 211 cm³/mol. The summed E-state index contributed by atoms with van der Waals surface area (Å²) in [5.74, 6) is 0. The van der Waals surface area contributed by atoms with Crippen LogP contribution >= 0.6 is 22.7 Å². The number of nitrogens with zero attached hydrogens (tertiary/aromatic N) is 3. The van der Waals surface area contributed by atoms with E-state index in [0.29, 0.717) is 0 Å². The lowest BCUT2D eigenvalue weighted by Crippen LogP contribution is -1.94. The maximum absolute atomic E-state index is 5.14. The zero-order valence-electron chi connectivity index (χ0n) is 26.1. The van der Waals surface area contributed by atoms with Gasteiger partial charge in [0.15, 0.2) is 0 Å². The minimum atomic E-state index is 0.885. The molecule has 228 valence electrons. The number of benzene rings is 7. The predicted octanol–water partition coefficient (Wildman–Crippen LogP) is 12.8. The number of hydrogen-bond acceptors (Lipinski definition) is 4. The lowest BCUT2D eigenvalue weighted by Gasteiger charge is -2.11. The highest BCUT2D eigenvalue weighted by atomic mass is 32.1. The highest BCUT2D eigenvalue weighted by Gasteiger charge is 2.18. The molecule has 0 aliphatic rings. The summed E-state index contributed by atoms with van der Waals surface area (Å²) in [7, 11) is 0. The first kappa shape index (κ1) is 27.1. The van der Waals surface area contributed by atoms with Crippen LogP contribution in [0.4, 0.5) is 0 Å². The summed E-state index contributed by atoms with van der Waals surface area (Å²) in [6, 6.07) is 52.7. The van der Waals surface area contributed by atoms with Gasteiger partial charge in [0.25, 0.3) is 0 Å². The van der Waals surface area contributed by atoms with Gasteiger partial charge in [-0.15, -0.1) is 22.7 Å². The van der Waals surface area contributed by atoms with Crippen molar-refractivity contribution in [3.05, 3.63) is 152 Å². The Morgan fingerprint density at radius 2 is 1.27 bits per heavy atom. The second kappa shape index (κ2) is 10.3. The minimum Gasteiger partial charge on any atom is -0.309 e. The van der Waals surface area contributed by atoms with Crippen molar-refractivity contribution >= 4 is 95.9 Å². The van der Waals surface area contributed by atoms with Crippen LogP contribution < -0.4 is 0 Å². The zero-order chi connectivity index (χ0) is 32.1. The van der Waals surface area contributed by atoms with Gasteiger partial charge in [0.2, 0.25) is 0 Å². The highest BCUT2D eigenvalue weighted by Crippen LogP contribution is 2.44. The highest BCUT2D eigenvalue weighted by molar-refractivity contribution is 7.27. The first-order chi connectivity index (χ1) is 24.3. The Morgan fingerprint density at radius 3 is 2.20 bits per heavy atom. The fraction of sp³-hybridized carbons (Fsp3) is 0. The maximum atomic E-state index is 5.14. The third-order valence-corrected chi connectivity index (χ3v) is 12.1. The van der Waals surface area contributed by atoms with Crippen LogP contribution in [0.25, 0.3) is 101 Å². The normalized spacial score (nSPS) is 12.1. The molecule has 0 fully saturated rings. The number of fused-ring (bicyclic) bond motifs is 12. The van der Waals surface area contributed by atoms with E-state index in [0.717, 1.165) is 38.4 Å². The topological polar surface area (TPSA) is 30.7 Å². The molecule has 0 aliphatic carbocycles. The number of rotatable bonds is 3. The van der Waals surface area contributed by atoms with E-state index in [-0.39, 0.29) is 0 Å². The van der Waals surface area contributed by atoms with E-state index in [1.165, 1.54) is 62.8 Å². The standard InChI is InChI=1S/C44H25N3S2/c1-2-14-31-26(9-1)19-22-39-41(31)42-44(49-39)46-35(25-45-42)29-12-7-10-27(23-29)28-11-8-13-30(24-28)47-36-17-5-3-16-34(36)40-37(47)21-20-33-32-15-4-6-18-38(32)48-43(33)40/h1-25H. The third-order valence-electron chi connectivity index (χ3n) is 9.85. The molecule has 0 bridgehead atoms. The van der Waals surface area contributed by atoms with Crippen LogP contribution in [0, 0.1) is 0 Å². The second-order valence-electron chi connectivity index (χ2n) is 12.6. The Labute approximate surface area is 289 Å². The Bertz CT molecular complexity index is 3130. The number of hydrogen-bond donors (Lipinski definition) is 0. The van der Waals surface area contributed by atoms with Crippen LogP contribution in [0.2, 0.25) is 0 Å². The Hall–Kier alpha value is -5.88. The molecule has 11 aromatic rings. The Morgan fingerprint density at radius 1 is 0.490 bits per heavy atom. The summed E-state index contributed by atoms with van der Waals surface area (Å²) >= 11 is 3.61. The van der Waals surface area contributed by atoms with Crippen LogP contribution in [-0.2, 0) is 0 Å². The molecule has 4 heterocycles. The molecule has 3 nitrogen and oxygen atoms in total. The smallest absolute Gasteiger partial charge is 0.143 e. The molecule has 0 spiro atoms. The third kappa shape index (κ3) is 4.00. The molecule has 0 amide bonds. The van der Waals surface area contributed by atoms with E-state index in [1.807, 2.05) is 17.5 Å². The lowest BCUT2D eigenvalue weighted by atomic mass is 10.0. The summed E-state index contributed by atoms with van der Waals surface area (Å²) in [6.45, 7) is 0. The summed E-state index contributed by atoms with van der Waals surface area (Å²) in [6.07, 6.45) is 1.93. The van der Waals surface area contributed by atoms with E-state index in [4.69, 9.17) is 9.97 Å². The molecule has 7 aromatic carbocycles. The van der Waals surface area contributed by atoms with Crippen molar-refractivity contribution in [1.29, 1.82) is 0 Å². The first-order valence-electron chi connectivity index (χ1n) is 16.4. The van der Waals surface area contributed by atoms with Crippen LogP contribution in [0.5, 0.6) is 0 Å². The second-order valence-corrected chi connectivity index (χ2v) is 14.7. The molecule has 0 unspecified atom stereocenters. The lowest BCUT2D eigenvalue weighted by molar-refractivity contribution is 1.18. The van der Waals surface area contributed by atoms with Crippen molar-refractivity contribution in [3.63, 3.8) is 0 Å². The van der Waals surface area contributed by atoms with Gasteiger partial charge < -0.3 is 4.57 Å². The monoisotopic (exact) mass is 659 g/mol. The van der Waals surface area contributed by atoms with Gasteiger partial charge in [-0.05, 0) is 64.4 Å². The summed E-state index contributed by atoms with van der Waals surface area (Å²) in [4.78, 5) is 11.1. The van der Waals surface area contributed by atoms with Crippen molar-refractivity contribution in [3.8, 4) is 28.1 Å². The molecule has 4 aromatic heterocycles. The van der Waals surface area contributed by atoms with E-state index in [9.17, 15) is 0 Å². The minimum absolute atomic E-state index is 0.885. The molecule has 11 rings (SSSR count). The fourth-order valence-electron chi connectivity index (χ4n) is 7.63. The fourth-order valence-corrected chi connectivity index (χ4v) is 9.94. The van der Waals surface area contributed by atoms with Gasteiger partial charge in [0.05, 0.1) is 22.9 Å². The largest absolute Gasteiger partial charge is 0.309 e. The maximum Gasteiger partial charge on any atom is 0.143 e. The Balaban J connectivity index is 1.04. The van der Waals surface area contributed by atoms with E-state index in [1.54, 1.807) is 11.3 Å². The quantitative estimate of drug-likeness (QED) is 0.189. The van der Waals surface area contributed by atoms with Crippen LogP contribution in [0.3, 0.4) is 0 Å². The van der Waals surface area contributed by atoms with Crippen LogP contribution in [0.1, 0.15) is 0 Å². The van der Waals surface area contributed by atoms with Gasteiger partial charge in [0.1, 0.15) is 10.3 Å². The molecular weight excluding hydrogens is 635 g/mol. The zero-order valence-corrected chi connectivity index (χ0v) is 27.7. The van der Waals surface area contributed by atoms with Crippen molar-refractivity contribution in [2.45, 2.75) is 0 Å². The average Bonchev–Trinajstić information content (AvgIpc) is 3.84. The van der Waals surface area contributed by atoms with E-state index >= 15 is 0 Å². The molecule has 0 saturated heterocycles. The molecule has 0 aliphatic heterocycles. The molecule has 5 heteroatoms. The van der Waals surface area contributed by atoms with Crippen molar-refractivity contribution < 1.29 is 0 Å². The number of aromatic nitrogens is 3. The molecule has 0 atom stereocenters. The van der Waals surface area contributed by atoms with Gasteiger partial charge in [-0.2, -0.15) is 0 Å². The molecule has 0 saturated carbocycles. The average molecular weight is 660 g/mol. The summed E-state index contributed by atoms with van der Waals surface area (Å²) < 4.78 is 6.32. The number of para-hydroxylation sites is 1. The van der Waals surface area contributed by atoms with Gasteiger partial charge in [-0.1, -0.05) is 103 Å². The van der Waals surface area contributed by atoms with Gasteiger partial charge in [-0.25, -0.2) is 4.98 Å². The molecule has 0 N–H and O–H groups in total. The van der Waals surface area contributed by atoms with Crippen molar-refractivity contribution in [2.24, 2.45) is 0 Å². The molecule has 0 radical (unpaired) electrons. The SMILES string of the molecule is c1cc(-c2cccc(-n3c4ccccc4c4c5sc6ccccc6c5ccc43)c2)cc(-c2cnc3c(n2)sc2ccc4ccccc4c23)c1. The van der Waals surface area contributed by atoms with Crippen molar-refractivity contribution in [2.75, 3.05) is 0 Å². The molecular formula is C44H25N3S2. The number of thiophene rings is 2. The van der Waals surface area contributed by atoms with E-state index in [2.05, 4.69) is 150 Å². The van der Waals surface area contributed by atoms with Gasteiger partial charge in [-0.3, -0.25) is 4.98 Å². The van der Waals surface area contributed by atoms with Gasteiger partial charge in [0, 0.05) is 52.3 Å². The summed E-state index contributed by atoms with van der Waals surface area (Å²) in [5, 5.41) is 8.91. The van der Waals surface area contributed by atoms with E-state index < -0.39 is 0 Å². The summed E-state index contributed by atoms with van der Waals surface area (Å²) in [5.41, 5.74) is 8.82. The van der Waals surface area contributed by atoms with Crippen LogP contribution in [-0.4, -0.2) is 14.5 Å². The Kier molecular flexibility index (Phi) is 5.70. The molecule has 49 heavy (non-hydrogen) atoms.